The first-order valence-corrected chi connectivity index (χ1v) is 8.47. The number of nitrogens with zero attached hydrogens (tertiary/aromatic N) is 2. The maximum Gasteiger partial charge on any atom is 0.414 e. The molecular formula is C20H19N3O4. The largest absolute Gasteiger partial charge is 0.469 e. The first-order valence-electron chi connectivity index (χ1n) is 8.47. The number of nitriles is 1. The molecule has 0 aliphatic carbocycles. The Morgan fingerprint density at radius 3 is 2.74 bits per heavy atom. The molecule has 27 heavy (non-hydrogen) atoms. The van der Waals surface area contributed by atoms with Gasteiger partial charge in [0.25, 0.3) is 0 Å². The number of nitrogens with one attached hydrogen (secondary N) is 1. The van der Waals surface area contributed by atoms with Crippen molar-refractivity contribution in [2.24, 2.45) is 0 Å². The first kappa shape index (κ1) is 18.3. The van der Waals surface area contributed by atoms with E-state index in [1.807, 2.05) is 30.3 Å². The third-order valence-electron chi connectivity index (χ3n) is 4.28. The molecule has 1 unspecified atom stereocenters. The Hall–Kier alpha value is -3.53. The molecule has 1 saturated heterocycles. The van der Waals surface area contributed by atoms with Gasteiger partial charge in [0.05, 0.1) is 38.3 Å². The van der Waals surface area contributed by atoms with Crippen molar-refractivity contribution >= 4 is 23.4 Å². The summed E-state index contributed by atoms with van der Waals surface area (Å²) in [4.78, 5) is 25.2. The number of carbonyl (C=O) groups is 2. The van der Waals surface area contributed by atoms with E-state index >= 15 is 0 Å². The normalized spacial score (nSPS) is 15.8. The summed E-state index contributed by atoms with van der Waals surface area (Å²) in [5.74, 6) is -0.316. The molecule has 1 N–H and O–H groups in total. The number of cyclic esters (lactones) is 1. The van der Waals surface area contributed by atoms with Gasteiger partial charge < -0.3 is 14.8 Å². The Bertz CT molecular complexity index is 874. The number of amides is 1. The van der Waals surface area contributed by atoms with Crippen molar-refractivity contribution in [3.63, 3.8) is 0 Å². The highest BCUT2D eigenvalue weighted by Gasteiger charge is 2.32. The van der Waals surface area contributed by atoms with Crippen LogP contribution >= 0.6 is 0 Å². The predicted molar refractivity (Wildman–Crippen MR) is 99.4 cm³/mol. The summed E-state index contributed by atoms with van der Waals surface area (Å²) < 4.78 is 10.1. The first-order chi connectivity index (χ1) is 13.1. The number of rotatable bonds is 6. The highest BCUT2D eigenvalue weighted by molar-refractivity contribution is 5.89. The van der Waals surface area contributed by atoms with E-state index in [1.54, 1.807) is 24.3 Å². The van der Waals surface area contributed by atoms with Crippen molar-refractivity contribution < 1.29 is 19.1 Å². The molecule has 1 aliphatic heterocycles. The van der Waals surface area contributed by atoms with Gasteiger partial charge in [-0.2, -0.15) is 5.26 Å². The molecule has 1 aliphatic rings. The second-order valence-electron chi connectivity index (χ2n) is 6.07. The lowest BCUT2D eigenvalue weighted by Crippen LogP contribution is -2.27. The van der Waals surface area contributed by atoms with E-state index in [9.17, 15) is 9.59 Å². The highest BCUT2D eigenvalue weighted by atomic mass is 16.6. The van der Waals surface area contributed by atoms with Gasteiger partial charge in [-0.3, -0.25) is 9.69 Å². The van der Waals surface area contributed by atoms with Crippen molar-refractivity contribution in [3.05, 3.63) is 59.7 Å². The Morgan fingerprint density at radius 2 is 2.04 bits per heavy atom. The van der Waals surface area contributed by atoms with E-state index in [2.05, 4.69) is 5.32 Å². The van der Waals surface area contributed by atoms with E-state index in [0.717, 1.165) is 11.3 Å². The highest BCUT2D eigenvalue weighted by Crippen LogP contribution is 2.23. The third-order valence-corrected chi connectivity index (χ3v) is 4.28. The average Bonchev–Trinajstić information content (AvgIpc) is 3.07. The zero-order valence-corrected chi connectivity index (χ0v) is 14.8. The average molecular weight is 365 g/mol. The van der Waals surface area contributed by atoms with Gasteiger partial charge >= 0.3 is 12.1 Å². The lowest BCUT2D eigenvalue weighted by molar-refractivity contribution is -0.139. The monoisotopic (exact) mass is 365 g/mol. The number of anilines is 2. The smallest absolute Gasteiger partial charge is 0.414 e. The number of hydrogen-bond acceptors (Lipinski definition) is 6. The second-order valence-corrected chi connectivity index (χ2v) is 6.07. The van der Waals surface area contributed by atoms with Crippen LogP contribution in [0.15, 0.2) is 48.5 Å². The standard InChI is InChI=1S/C20H19N3O4/c1-26-19(24)10-15-4-2-3-5-18(15)22-12-17-13-23(20(25)27-17)16-8-6-14(11-21)7-9-16/h2-9,17,22H,10,12-13H2,1H3. The fourth-order valence-electron chi connectivity index (χ4n) is 2.85. The number of benzene rings is 2. The van der Waals surface area contributed by atoms with E-state index in [1.165, 1.54) is 12.0 Å². The van der Waals surface area contributed by atoms with Gasteiger partial charge in [0, 0.05) is 11.4 Å². The summed E-state index contributed by atoms with van der Waals surface area (Å²) in [5.41, 5.74) is 2.84. The van der Waals surface area contributed by atoms with Crippen molar-refractivity contribution in [3.8, 4) is 6.07 Å². The van der Waals surface area contributed by atoms with Crippen LogP contribution in [-0.4, -0.2) is 38.4 Å². The number of hydrogen-bond donors (Lipinski definition) is 1. The lowest BCUT2D eigenvalue weighted by Gasteiger charge is -2.15. The van der Waals surface area contributed by atoms with Crippen LogP contribution in [0.1, 0.15) is 11.1 Å². The molecule has 1 fully saturated rings. The van der Waals surface area contributed by atoms with Crippen LogP contribution in [0, 0.1) is 11.3 Å². The van der Waals surface area contributed by atoms with Gasteiger partial charge in [0.15, 0.2) is 0 Å². The topological polar surface area (TPSA) is 91.7 Å². The Balaban J connectivity index is 1.62. The molecule has 1 amide bonds. The van der Waals surface area contributed by atoms with Gasteiger partial charge in [0.1, 0.15) is 6.10 Å². The summed E-state index contributed by atoms with van der Waals surface area (Å²) in [6, 6.07) is 16.3. The number of para-hydroxylation sites is 1. The van der Waals surface area contributed by atoms with Crippen molar-refractivity contribution in [2.45, 2.75) is 12.5 Å². The minimum absolute atomic E-state index is 0.168. The van der Waals surface area contributed by atoms with E-state index < -0.39 is 6.09 Å². The zero-order valence-electron chi connectivity index (χ0n) is 14.8. The molecule has 0 bridgehead atoms. The lowest BCUT2D eigenvalue weighted by atomic mass is 10.1. The summed E-state index contributed by atoms with van der Waals surface area (Å²) >= 11 is 0. The quantitative estimate of drug-likeness (QED) is 0.792. The van der Waals surface area contributed by atoms with Gasteiger partial charge in [-0.1, -0.05) is 18.2 Å². The molecule has 7 nitrogen and oxygen atoms in total. The number of methoxy groups -OCH3 is 1. The summed E-state index contributed by atoms with van der Waals surface area (Å²) in [7, 11) is 1.36. The van der Waals surface area contributed by atoms with Crippen LogP contribution in [0.25, 0.3) is 0 Å². The number of ether oxygens (including phenoxy) is 2. The Labute approximate surface area is 157 Å². The van der Waals surface area contributed by atoms with Crippen LogP contribution in [-0.2, 0) is 20.7 Å². The molecule has 0 radical (unpaired) electrons. The summed E-state index contributed by atoms with van der Waals surface area (Å²) in [5, 5.41) is 12.1. The van der Waals surface area contributed by atoms with Crippen molar-refractivity contribution in [1.29, 1.82) is 5.26 Å². The van der Waals surface area contributed by atoms with Crippen LogP contribution in [0.5, 0.6) is 0 Å². The maximum atomic E-state index is 12.2. The van der Waals surface area contributed by atoms with Crippen LogP contribution in [0.3, 0.4) is 0 Å². The third kappa shape index (κ3) is 4.36. The summed E-state index contributed by atoms with van der Waals surface area (Å²) in [6.07, 6.45) is -0.588. The molecule has 2 aromatic carbocycles. The molecule has 138 valence electrons. The molecule has 1 atom stereocenters. The second kappa shape index (κ2) is 8.23. The minimum Gasteiger partial charge on any atom is -0.469 e. The van der Waals surface area contributed by atoms with Crippen LogP contribution in [0.4, 0.5) is 16.2 Å². The maximum absolute atomic E-state index is 12.2. The number of carbonyl (C=O) groups excluding carboxylic acids is 2. The van der Waals surface area contributed by atoms with Gasteiger partial charge in [0.2, 0.25) is 0 Å². The fraction of sp³-hybridized carbons (Fsp3) is 0.250. The molecule has 3 rings (SSSR count). The SMILES string of the molecule is COC(=O)Cc1ccccc1NCC1CN(c2ccc(C#N)cc2)C(=O)O1. The molecule has 0 spiro atoms. The molecule has 0 aromatic heterocycles. The van der Waals surface area contributed by atoms with Crippen molar-refractivity contribution in [1.82, 2.24) is 0 Å². The van der Waals surface area contributed by atoms with E-state index in [4.69, 9.17) is 14.7 Å². The van der Waals surface area contributed by atoms with E-state index in [-0.39, 0.29) is 18.5 Å². The minimum atomic E-state index is -0.422. The molecule has 0 saturated carbocycles. The van der Waals surface area contributed by atoms with Crippen molar-refractivity contribution in [2.75, 3.05) is 30.4 Å². The van der Waals surface area contributed by atoms with Gasteiger partial charge in [-0.15, -0.1) is 0 Å². The number of esters is 1. The Morgan fingerprint density at radius 1 is 1.30 bits per heavy atom. The Kier molecular flexibility index (Phi) is 5.57. The molecular weight excluding hydrogens is 346 g/mol. The summed E-state index contributed by atoms with van der Waals surface area (Å²) in [6.45, 7) is 0.813. The zero-order chi connectivity index (χ0) is 19.2. The van der Waals surface area contributed by atoms with Gasteiger partial charge in [-0.25, -0.2) is 4.79 Å². The predicted octanol–water partition coefficient (Wildman–Crippen LogP) is 2.71. The fourth-order valence-corrected chi connectivity index (χ4v) is 2.85. The molecule has 7 heteroatoms. The van der Waals surface area contributed by atoms with Crippen LogP contribution < -0.4 is 10.2 Å². The van der Waals surface area contributed by atoms with Gasteiger partial charge in [-0.05, 0) is 35.9 Å². The molecule has 1 heterocycles. The van der Waals surface area contributed by atoms with Crippen LogP contribution in [0.2, 0.25) is 0 Å². The molecule has 2 aromatic rings. The van der Waals surface area contributed by atoms with E-state index in [0.29, 0.717) is 24.3 Å².